The number of aromatic nitrogens is 2. The van der Waals surface area contributed by atoms with Gasteiger partial charge in [-0.1, -0.05) is 29.8 Å². The minimum absolute atomic E-state index is 0.286. The van der Waals surface area contributed by atoms with Crippen LogP contribution in [0.5, 0.6) is 5.75 Å². The zero-order valence-electron chi connectivity index (χ0n) is 15.0. The maximum atomic E-state index is 12.5. The first-order valence-electron chi connectivity index (χ1n) is 8.33. The van der Waals surface area contributed by atoms with Gasteiger partial charge in [0.2, 0.25) is 0 Å². The number of hydrogen-bond donors (Lipinski definition) is 2. The standard InChI is InChI=1S/C20H19ClN4O2/c1-13-23-17(11-19(24-13)25-16-9-7-15(21)8-10-16)20(26)22-12-14-5-3-4-6-18(14)27-2/h3-11H,12H2,1-2H3,(H,22,26)(H,23,24,25). The summed E-state index contributed by atoms with van der Waals surface area (Å²) in [6, 6.07) is 16.4. The summed E-state index contributed by atoms with van der Waals surface area (Å²) in [6.45, 7) is 2.08. The molecule has 3 aromatic rings. The number of rotatable bonds is 6. The molecule has 1 aromatic heterocycles. The number of benzene rings is 2. The first kappa shape index (κ1) is 18.7. The van der Waals surface area contributed by atoms with Gasteiger partial charge in [-0.2, -0.15) is 0 Å². The molecule has 0 fully saturated rings. The molecule has 0 aliphatic carbocycles. The van der Waals surface area contributed by atoms with Crippen LogP contribution < -0.4 is 15.4 Å². The van der Waals surface area contributed by atoms with Crippen LogP contribution in [0.3, 0.4) is 0 Å². The SMILES string of the molecule is COc1ccccc1CNC(=O)c1cc(Nc2ccc(Cl)cc2)nc(C)n1. The second-order valence-electron chi connectivity index (χ2n) is 5.81. The molecule has 0 unspecified atom stereocenters. The maximum absolute atomic E-state index is 12.5. The van der Waals surface area contributed by atoms with E-state index in [1.165, 1.54) is 0 Å². The third kappa shape index (κ3) is 4.95. The van der Waals surface area contributed by atoms with Gasteiger partial charge >= 0.3 is 0 Å². The number of anilines is 2. The number of halogens is 1. The number of hydrogen-bond acceptors (Lipinski definition) is 5. The minimum Gasteiger partial charge on any atom is -0.496 e. The number of para-hydroxylation sites is 1. The number of nitrogens with one attached hydrogen (secondary N) is 2. The van der Waals surface area contributed by atoms with Crippen molar-refractivity contribution in [2.75, 3.05) is 12.4 Å². The van der Waals surface area contributed by atoms with Crippen LogP contribution in [-0.2, 0) is 6.54 Å². The van der Waals surface area contributed by atoms with Gasteiger partial charge in [-0.3, -0.25) is 4.79 Å². The Morgan fingerprint density at radius 1 is 1.11 bits per heavy atom. The number of ether oxygens (including phenoxy) is 1. The highest BCUT2D eigenvalue weighted by atomic mass is 35.5. The van der Waals surface area contributed by atoms with Crippen LogP contribution in [0.15, 0.2) is 54.6 Å². The molecule has 0 bridgehead atoms. The smallest absolute Gasteiger partial charge is 0.270 e. The Morgan fingerprint density at radius 2 is 1.85 bits per heavy atom. The lowest BCUT2D eigenvalue weighted by molar-refractivity contribution is 0.0945. The second kappa shape index (κ2) is 8.51. The lowest BCUT2D eigenvalue weighted by Gasteiger charge is -2.11. The molecule has 0 spiro atoms. The first-order chi connectivity index (χ1) is 13.0. The third-order valence-corrected chi connectivity index (χ3v) is 4.07. The van der Waals surface area contributed by atoms with E-state index in [9.17, 15) is 4.79 Å². The Hall–Kier alpha value is -3.12. The van der Waals surface area contributed by atoms with Gasteiger partial charge in [0.15, 0.2) is 0 Å². The predicted molar refractivity (Wildman–Crippen MR) is 106 cm³/mol. The number of aryl methyl sites for hydroxylation is 1. The fourth-order valence-electron chi connectivity index (χ4n) is 2.54. The number of nitrogens with zero attached hydrogens (tertiary/aromatic N) is 2. The topological polar surface area (TPSA) is 76.1 Å². The van der Waals surface area contributed by atoms with Crippen LogP contribution in [0.1, 0.15) is 21.9 Å². The van der Waals surface area contributed by atoms with Crippen molar-refractivity contribution in [1.82, 2.24) is 15.3 Å². The molecule has 0 saturated carbocycles. The third-order valence-electron chi connectivity index (χ3n) is 3.82. The van der Waals surface area contributed by atoms with Crippen LogP contribution in [-0.4, -0.2) is 23.0 Å². The molecule has 0 radical (unpaired) electrons. The molecule has 1 amide bonds. The monoisotopic (exact) mass is 382 g/mol. The Labute approximate surface area is 162 Å². The van der Waals surface area contributed by atoms with Crippen LogP contribution in [0.25, 0.3) is 0 Å². The summed E-state index contributed by atoms with van der Waals surface area (Å²) in [5, 5.41) is 6.66. The van der Waals surface area contributed by atoms with Gasteiger partial charge in [0, 0.05) is 28.9 Å². The van der Waals surface area contributed by atoms with Gasteiger partial charge in [-0.15, -0.1) is 0 Å². The van der Waals surface area contributed by atoms with E-state index >= 15 is 0 Å². The predicted octanol–water partition coefficient (Wildman–Crippen LogP) is 4.12. The van der Waals surface area contributed by atoms with E-state index < -0.39 is 0 Å². The van der Waals surface area contributed by atoms with Gasteiger partial charge in [-0.05, 0) is 37.3 Å². The number of carbonyl (C=O) groups excluding carboxylic acids is 1. The van der Waals surface area contributed by atoms with Gasteiger partial charge < -0.3 is 15.4 Å². The highest BCUT2D eigenvalue weighted by molar-refractivity contribution is 6.30. The molecular formula is C20H19ClN4O2. The van der Waals surface area contributed by atoms with E-state index in [0.29, 0.717) is 23.2 Å². The number of amides is 1. The highest BCUT2D eigenvalue weighted by Gasteiger charge is 2.12. The molecule has 1 heterocycles. The van der Waals surface area contributed by atoms with Crippen molar-refractivity contribution in [2.45, 2.75) is 13.5 Å². The Balaban J connectivity index is 1.73. The van der Waals surface area contributed by atoms with Crippen molar-refractivity contribution in [3.05, 3.63) is 76.7 Å². The van der Waals surface area contributed by atoms with E-state index in [1.54, 1.807) is 32.2 Å². The summed E-state index contributed by atoms with van der Waals surface area (Å²) in [6.07, 6.45) is 0. The zero-order chi connectivity index (χ0) is 19.2. The van der Waals surface area contributed by atoms with E-state index in [4.69, 9.17) is 16.3 Å². The molecule has 138 valence electrons. The molecule has 7 heteroatoms. The Bertz CT molecular complexity index is 945. The molecule has 0 aliphatic rings. The highest BCUT2D eigenvalue weighted by Crippen LogP contribution is 2.19. The van der Waals surface area contributed by atoms with Crippen molar-refractivity contribution in [2.24, 2.45) is 0 Å². The van der Waals surface area contributed by atoms with Crippen molar-refractivity contribution >= 4 is 29.0 Å². The van der Waals surface area contributed by atoms with Crippen molar-refractivity contribution in [3.8, 4) is 5.75 Å². The summed E-state index contributed by atoms with van der Waals surface area (Å²) in [5.74, 6) is 1.47. The van der Waals surface area contributed by atoms with Crippen molar-refractivity contribution in [3.63, 3.8) is 0 Å². The van der Waals surface area contributed by atoms with E-state index in [0.717, 1.165) is 17.0 Å². The molecule has 6 nitrogen and oxygen atoms in total. The quantitative estimate of drug-likeness (QED) is 0.670. The molecule has 0 saturated heterocycles. The Morgan fingerprint density at radius 3 is 2.59 bits per heavy atom. The van der Waals surface area contributed by atoms with E-state index in [2.05, 4.69) is 20.6 Å². The van der Waals surface area contributed by atoms with Crippen LogP contribution in [0.4, 0.5) is 11.5 Å². The summed E-state index contributed by atoms with van der Waals surface area (Å²) in [4.78, 5) is 21.1. The normalized spacial score (nSPS) is 10.3. The minimum atomic E-state index is -0.287. The number of carbonyl (C=O) groups is 1. The Kier molecular flexibility index (Phi) is 5.88. The molecule has 0 aliphatic heterocycles. The molecule has 2 N–H and O–H groups in total. The lowest BCUT2D eigenvalue weighted by Crippen LogP contribution is -2.24. The molecular weight excluding hydrogens is 364 g/mol. The van der Waals surface area contributed by atoms with Crippen LogP contribution in [0, 0.1) is 6.92 Å². The van der Waals surface area contributed by atoms with E-state index in [-0.39, 0.29) is 11.6 Å². The molecule has 0 atom stereocenters. The molecule has 27 heavy (non-hydrogen) atoms. The molecule has 2 aromatic carbocycles. The fraction of sp³-hybridized carbons (Fsp3) is 0.150. The van der Waals surface area contributed by atoms with Gasteiger partial charge in [0.1, 0.15) is 23.1 Å². The largest absolute Gasteiger partial charge is 0.496 e. The van der Waals surface area contributed by atoms with Crippen LogP contribution in [0.2, 0.25) is 5.02 Å². The first-order valence-corrected chi connectivity index (χ1v) is 8.71. The van der Waals surface area contributed by atoms with Gasteiger partial charge in [0.05, 0.1) is 7.11 Å². The number of methoxy groups -OCH3 is 1. The maximum Gasteiger partial charge on any atom is 0.270 e. The summed E-state index contributed by atoms with van der Waals surface area (Å²) < 4.78 is 5.30. The van der Waals surface area contributed by atoms with Gasteiger partial charge in [-0.25, -0.2) is 9.97 Å². The lowest BCUT2D eigenvalue weighted by atomic mass is 10.2. The molecule has 3 rings (SSSR count). The van der Waals surface area contributed by atoms with Gasteiger partial charge in [0.25, 0.3) is 5.91 Å². The fourth-order valence-corrected chi connectivity index (χ4v) is 2.67. The summed E-state index contributed by atoms with van der Waals surface area (Å²) in [5.41, 5.74) is 1.99. The average Bonchev–Trinajstić information content (AvgIpc) is 2.67. The summed E-state index contributed by atoms with van der Waals surface area (Å²) >= 11 is 5.90. The van der Waals surface area contributed by atoms with Crippen molar-refractivity contribution < 1.29 is 9.53 Å². The van der Waals surface area contributed by atoms with Crippen molar-refractivity contribution in [1.29, 1.82) is 0 Å². The summed E-state index contributed by atoms with van der Waals surface area (Å²) in [7, 11) is 1.60. The average molecular weight is 383 g/mol. The van der Waals surface area contributed by atoms with E-state index in [1.807, 2.05) is 36.4 Å². The zero-order valence-corrected chi connectivity index (χ0v) is 15.7. The van der Waals surface area contributed by atoms with Crippen LogP contribution >= 0.6 is 11.6 Å². The second-order valence-corrected chi connectivity index (χ2v) is 6.25.